The van der Waals surface area contributed by atoms with Gasteiger partial charge in [-0.05, 0) is 38.0 Å². The summed E-state index contributed by atoms with van der Waals surface area (Å²) in [6.07, 6.45) is 9.23. The van der Waals surface area contributed by atoms with Crippen molar-refractivity contribution in [2.24, 2.45) is 10.8 Å². The van der Waals surface area contributed by atoms with Gasteiger partial charge < -0.3 is 5.11 Å². The Morgan fingerprint density at radius 2 is 1.57 bits per heavy atom. The van der Waals surface area contributed by atoms with Crippen molar-refractivity contribution in [3.63, 3.8) is 0 Å². The molecule has 1 N–H and O–H groups in total. The average Bonchev–Trinajstić information content (AvgIpc) is 2.47. The summed E-state index contributed by atoms with van der Waals surface area (Å²) < 4.78 is 0. The number of carbonyl (C=O) groups is 1. The monoisotopic (exact) mass is 196 g/mol. The number of hydrogen-bond donors (Lipinski definition) is 1. The second kappa shape index (κ2) is 3.25. The van der Waals surface area contributed by atoms with Gasteiger partial charge in [0, 0.05) is 0 Å². The molecule has 0 aliphatic heterocycles. The molecule has 2 aliphatic rings. The Morgan fingerprint density at radius 3 is 2.14 bits per heavy atom. The molecule has 0 heterocycles. The maximum atomic E-state index is 11.4. The summed E-state index contributed by atoms with van der Waals surface area (Å²) in [5, 5.41) is 9.39. The summed E-state index contributed by atoms with van der Waals surface area (Å²) in [6.45, 7) is 1.98. The van der Waals surface area contributed by atoms with Crippen LogP contribution in [0.25, 0.3) is 0 Å². The highest BCUT2D eigenvalue weighted by Gasteiger charge is 2.56. The van der Waals surface area contributed by atoms with Crippen LogP contribution < -0.4 is 0 Å². The van der Waals surface area contributed by atoms with Crippen LogP contribution in [0.15, 0.2) is 0 Å². The molecular formula is C12H20O2. The van der Waals surface area contributed by atoms with Crippen molar-refractivity contribution in [1.29, 1.82) is 0 Å². The van der Waals surface area contributed by atoms with Gasteiger partial charge in [-0.15, -0.1) is 0 Å². The van der Waals surface area contributed by atoms with Crippen LogP contribution in [0.1, 0.15) is 58.3 Å². The average molecular weight is 196 g/mol. The van der Waals surface area contributed by atoms with Gasteiger partial charge in [0.15, 0.2) is 0 Å². The summed E-state index contributed by atoms with van der Waals surface area (Å²) in [5.41, 5.74) is -0.273. The maximum absolute atomic E-state index is 11.4. The fourth-order valence-corrected chi connectivity index (χ4v) is 3.69. The number of carboxylic acid groups (broad SMARTS) is 1. The first kappa shape index (κ1) is 10.0. The van der Waals surface area contributed by atoms with E-state index < -0.39 is 11.4 Å². The molecular weight excluding hydrogens is 176 g/mol. The van der Waals surface area contributed by atoms with E-state index in [1.807, 2.05) is 6.92 Å². The number of carboxylic acids is 1. The standard InChI is InChI=1S/C12H20O2/c1-11(10(13)14)6-5-9-12(11)7-3-2-4-8-12/h2-9H2,1H3,(H,13,14)/t11-/m1/s1. The quantitative estimate of drug-likeness (QED) is 0.699. The SMILES string of the molecule is C[C@]1(C(=O)O)CCCC12CCCCC2. The smallest absolute Gasteiger partial charge is 0.309 e. The molecule has 1 atom stereocenters. The zero-order valence-corrected chi connectivity index (χ0v) is 9.01. The number of aliphatic carboxylic acids is 1. The molecule has 0 bridgehead atoms. The van der Waals surface area contributed by atoms with E-state index >= 15 is 0 Å². The first-order valence-corrected chi connectivity index (χ1v) is 5.84. The molecule has 2 aliphatic carbocycles. The van der Waals surface area contributed by atoms with Crippen molar-refractivity contribution in [2.45, 2.75) is 58.3 Å². The largest absolute Gasteiger partial charge is 0.481 e. The van der Waals surface area contributed by atoms with E-state index in [1.54, 1.807) is 0 Å². The summed E-state index contributed by atoms with van der Waals surface area (Å²) in [4.78, 5) is 11.4. The lowest BCUT2D eigenvalue weighted by molar-refractivity contribution is -0.156. The van der Waals surface area contributed by atoms with Gasteiger partial charge in [-0.1, -0.05) is 25.7 Å². The Bertz CT molecular complexity index is 241. The highest BCUT2D eigenvalue weighted by atomic mass is 16.4. The van der Waals surface area contributed by atoms with E-state index in [0.717, 1.165) is 32.1 Å². The fraction of sp³-hybridized carbons (Fsp3) is 0.917. The van der Waals surface area contributed by atoms with Gasteiger partial charge in [0.05, 0.1) is 5.41 Å². The van der Waals surface area contributed by atoms with Crippen LogP contribution in [0.3, 0.4) is 0 Å². The summed E-state index contributed by atoms with van der Waals surface area (Å²) >= 11 is 0. The minimum Gasteiger partial charge on any atom is -0.481 e. The van der Waals surface area contributed by atoms with Crippen molar-refractivity contribution >= 4 is 5.97 Å². The molecule has 0 aromatic heterocycles. The van der Waals surface area contributed by atoms with Crippen molar-refractivity contribution < 1.29 is 9.90 Å². The van der Waals surface area contributed by atoms with Crippen LogP contribution >= 0.6 is 0 Å². The molecule has 0 radical (unpaired) electrons. The summed E-state index contributed by atoms with van der Waals surface area (Å²) in [5.74, 6) is -0.558. The zero-order valence-electron chi connectivity index (χ0n) is 9.01. The lowest BCUT2D eigenvalue weighted by Gasteiger charge is -2.43. The highest BCUT2D eigenvalue weighted by molar-refractivity contribution is 5.75. The normalized spacial score (nSPS) is 36.1. The first-order chi connectivity index (χ1) is 6.61. The van der Waals surface area contributed by atoms with E-state index in [9.17, 15) is 9.90 Å². The van der Waals surface area contributed by atoms with E-state index in [-0.39, 0.29) is 5.41 Å². The van der Waals surface area contributed by atoms with Gasteiger partial charge in [0.2, 0.25) is 0 Å². The molecule has 0 unspecified atom stereocenters. The fourth-order valence-electron chi connectivity index (χ4n) is 3.69. The highest BCUT2D eigenvalue weighted by Crippen LogP contribution is 2.60. The van der Waals surface area contributed by atoms with E-state index in [2.05, 4.69) is 0 Å². The molecule has 2 rings (SSSR count). The van der Waals surface area contributed by atoms with Crippen molar-refractivity contribution in [3.8, 4) is 0 Å². The van der Waals surface area contributed by atoms with E-state index in [4.69, 9.17) is 0 Å². The van der Waals surface area contributed by atoms with E-state index in [0.29, 0.717) is 0 Å². The topological polar surface area (TPSA) is 37.3 Å². The molecule has 2 nitrogen and oxygen atoms in total. The van der Waals surface area contributed by atoms with Crippen LogP contribution in [0.4, 0.5) is 0 Å². The number of hydrogen-bond acceptors (Lipinski definition) is 1. The molecule has 2 heteroatoms. The molecule has 2 saturated carbocycles. The first-order valence-electron chi connectivity index (χ1n) is 5.84. The Labute approximate surface area is 85.7 Å². The van der Waals surface area contributed by atoms with Gasteiger partial charge >= 0.3 is 5.97 Å². The maximum Gasteiger partial charge on any atom is 0.309 e. The summed E-state index contributed by atoms with van der Waals surface area (Å²) in [6, 6.07) is 0. The lowest BCUT2D eigenvalue weighted by atomic mass is 9.60. The van der Waals surface area contributed by atoms with Crippen LogP contribution in [-0.4, -0.2) is 11.1 Å². The Kier molecular flexibility index (Phi) is 2.32. The summed E-state index contributed by atoms with van der Waals surface area (Å²) in [7, 11) is 0. The minimum absolute atomic E-state index is 0.150. The Morgan fingerprint density at radius 1 is 1.00 bits per heavy atom. The molecule has 80 valence electrons. The van der Waals surface area contributed by atoms with Crippen molar-refractivity contribution in [1.82, 2.24) is 0 Å². The predicted molar refractivity (Wildman–Crippen MR) is 55.1 cm³/mol. The van der Waals surface area contributed by atoms with Crippen LogP contribution in [0.5, 0.6) is 0 Å². The van der Waals surface area contributed by atoms with Gasteiger partial charge in [0.25, 0.3) is 0 Å². The minimum atomic E-state index is -0.558. The lowest BCUT2D eigenvalue weighted by Crippen LogP contribution is -2.42. The Hall–Kier alpha value is -0.530. The third kappa shape index (κ3) is 1.19. The molecule has 0 amide bonds. The van der Waals surface area contributed by atoms with Crippen LogP contribution in [-0.2, 0) is 4.79 Å². The third-order valence-electron chi connectivity index (χ3n) is 4.79. The Balaban J connectivity index is 2.27. The molecule has 0 saturated heterocycles. The molecule has 0 aromatic rings. The van der Waals surface area contributed by atoms with Gasteiger partial charge in [-0.3, -0.25) is 4.79 Å². The van der Waals surface area contributed by atoms with Crippen molar-refractivity contribution in [3.05, 3.63) is 0 Å². The van der Waals surface area contributed by atoms with Crippen LogP contribution in [0, 0.1) is 10.8 Å². The zero-order chi connectivity index (χ0) is 10.2. The van der Waals surface area contributed by atoms with E-state index in [1.165, 1.54) is 19.3 Å². The molecule has 0 aromatic carbocycles. The van der Waals surface area contributed by atoms with Crippen LogP contribution in [0.2, 0.25) is 0 Å². The third-order valence-corrected chi connectivity index (χ3v) is 4.79. The van der Waals surface area contributed by atoms with Gasteiger partial charge in [0.1, 0.15) is 0 Å². The molecule has 14 heavy (non-hydrogen) atoms. The molecule has 2 fully saturated rings. The second-order valence-electron chi connectivity index (χ2n) is 5.33. The van der Waals surface area contributed by atoms with Gasteiger partial charge in [-0.25, -0.2) is 0 Å². The second-order valence-corrected chi connectivity index (χ2v) is 5.33. The predicted octanol–water partition coefficient (Wildman–Crippen LogP) is 3.21. The van der Waals surface area contributed by atoms with Gasteiger partial charge in [-0.2, -0.15) is 0 Å². The van der Waals surface area contributed by atoms with Crippen molar-refractivity contribution in [2.75, 3.05) is 0 Å². The molecule has 1 spiro atoms. The number of rotatable bonds is 1.